The Kier molecular flexibility index (Phi) is 12.4. The van der Waals surface area contributed by atoms with Crippen LogP contribution < -0.4 is 4.90 Å². The normalized spacial score (nSPS) is 15.5. The summed E-state index contributed by atoms with van der Waals surface area (Å²) in [4.78, 5) is 2.60. The summed E-state index contributed by atoms with van der Waals surface area (Å²) in [5, 5.41) is 6.87. The van der Waals surface area contributed by atoms with E-state index < -0.39 is 21.7 Å². The zero-order chi connectivity index (χ0) is 73.8. The van der Waals surface area contributed by atoms with Crippen molar-refractivity contribution in [2.24, 2.45) is 0 Å². The van der Waals surface area contributed by atoms with Gasteiger partial charge in [-0.1, -0.05) is 296 Å². The number of hydrogen-bond donors (Lipinski definition) is 0. The van der Waals surface area contributed by atoms with Crippen molar-refractivity contribution in [2.75, 3.05) is 4.90 Å². The Morgan fingerprint density at radius 2 is 0.622 bits per heavy atom. The maximum absolute atomic E-state index is 7.22. The van der Waals surface area contributed by atoms with Crippen LogP contribution in [-0.2, 0) is 27.1 Å². The fourth-order valence-electron chi connectivity index (χ4n) is 22.1. The molecule has 0 N–H and O–H groups in total. The minimum absolute atomic E-state index is 0.317. The van der Waals surface area contributed by atoms with E-state index in [4.69, 9.17) is 13.3 Å². The molecule has 0 saturated heterocycles. The van der Waals surface area contributed by atoms with Crippen LogP contribution in [0.5, 0.6) is 0 Å². The number of nitrogens with zero attached hydrogens (tertiary/aromatic N) is 1. The quantitative estimate of drug-likeness (QED) is 0.152. The summed E-state index contributed by atoms with van der Waals surface area (Å²) in [5.74, 6) is 0. The summed E-state index contributed by atoms with van der Waals surface area (Å²) < 4.78 is 21.2. The number of hydrogen-bond acceptors (Lipinski definition) is 4. The molecule has 19 aromatic rings. The molecule has 4 heteroatoms. The second-order valence-corrected chi connectivity index (χ2v) is 33.1. The summed E-state index contributed by atoms with van der Waals surface area (Å²) >= 11 is 0. The lowest BCUT2D eigenvalue weighted by Crippen LogP contribution is -2.30. The Hall–Kier alpha value is -13.3. The van der Waals surface area contributed by atoms with Gasteiger partial charge in [0.05, 0.1) is 10.8 Å². The Morgan fingerprint density at radius 3 is 1.22 bits per heavy atom. The van der Waals surface area contributed by atoms with E-state index in [9.17, 15) is 0 Å². The molecule has 5 aliphatic carbocycles. The highest BCUT2D eigenvalue weighted by molar-refractivity contribution is 6.22. The van der Waals surface area contributed by atoms with Crippen molar-refractivity contribution >= 4 is 82.9 Å². The lowest BCUT2D eigenvalue weighted by atomic mass is 9.66. The summed E-state index contributed by atoms with van der Waals surface area (Å²) in [6.45, 7) is 14.7. The molecule has 0 amide bonds. The van der Waals surface area contributed by atoms with Crippen LogP contribution in [0.1, 0.15) is 119 Å². The van der Waals surface area contributed by atoms with E-state index >= 15 is 0 Å². The lowest BCUT2D eigenvalue weighted by molar-refractivity contribution is 0.600. The molecule has 0 atom stereocenters. The molecule has 111 heavy (non-hydrogen) atoms. The Balaban J connectivity index is 0.788. The van der Waals surface area contributed by atoms with Crippen LogP contribution in [0.2, 0.25) is 0 Å². The average Bonchev–Trinajstić information content (AvgIpc) is 1.50. The molecule has 24 rings (SSSR count). The number of para-hydroxylation sites is 3. The summed E-state index contributed by atoms with van der Waals surface area (Å²) in [6.07, 6.45) is 0. The first-order valence-corrected chi connectivity index (χ1v) is 39.1. The molecule has 0 saturated carbocycles. The molecule has 524 valence electrons. The minimum Gasteiger partial charge on any atom is -0.456 e. The standard InChI is InChI=1S/C107H73NO3/c1-103(2)82-56-67(49-52-72(82)92-87(103)59-77(62-30-12-7-13-31-62)101-96(92)75-42-24-28-46-89(75)110-101)108(68-50-53-73-83(57-68)105(5,6)99-95(73)97-76-43-25-29-47-90(76)111-102(97)98-71-40-22-26-44-80(71)104(3,4)100(98)99)69-48-51-70-78-60-86-79(61-85(78)107(84(70)58-69,65-36-18-10-19-37-65)66-38-20-11-21-39-66)93-81(54-55-91-94(93)74-41-23-27-45-88(74)109-91)106(86,63-32-14-8-15-33-63)64-34-16-9-17-35-64/h7-61H,1-6H3. The van der Waals surface area contributed by atoms with Gasteiger partial charge in [-0.2, -0.15) is 0 Å². The molecule has 0 unspecified atom stereocenters. The SMILES string of the molecule is CC1(C)c2cc(N(c3ccc4c(c3)C(C)(C)c3c5c(c6oc7ccccc7c6c3-4)-c3ccccc3C5(C)C)c3ccc4c(c3)C(c3ccccc3)(c3ccccc3)c3cc5c(cc3-4)C(c3ccccc3)(c3ccccc3)c3ccc4oc6ccccc6c4c3-5)ccc2-c2c1cc(-c1ccccc1)c1oc3ccccc3c21. The van der Waals surface area contributed by atoms with E-state index in [2.05, 4.69) is 380 Å². The molecule has 0 spiro atoms. The van der Waals surface area contributed by atoms with Crippen LogP contribution in [0.15, 0.2) is 347 Å². The topological polar surface area (TPSA) is 42.7 Å². The summed E-state index contributed by atoms with van der Waals surface area (Å²) in [5.41, 5.74) is 38.1. The number of fused-ring (bicyclic) bond motifs is 29. The Labute approximate surface area is 643 Å². The average molecular weight is 1420 g/mol. The number of rotatable bonds is 8. The highest BCUT2D eigenvalue weighted by Crippen LogP contribution is 2.68. The molecule has 0 radical (unpaired) electrons. The smallest absolute Gasteiger partial charge is 0.144 e. The van der Waals surface area contributed by atoms with Gasteiger partial charge in [0.15, 0.2) is 0 Å². The Morgan fingerprint density at radius 1 is 0.225 bits per heavy atom. The monoisotopic (exact) mass is 1420 g/mol. The van der Waals surface area contributed by atoms with Gasteiger partial charge in [0.2, 0.25) is 0 Å². The van der Waals surface area contributed by atoms with Crippen molar-refractivity contribution in [1.29, 1.82) is 0 Å². The maximum Gasteiger partial charge on any atom is 0.144 e. The second kappa shape index (κ2) is 22.0. The molecule has 0 fully saturated rings. The first kappa shape index (κ1) is 62.7. The number of anilines is 3. The van der Waals surface area contributed by atoms with Crippen molar-refractivity contribution in [2.45, 2.75) is 68.6 Å². The summed E-state index contributed by atoms with van der Waals surface area (Å²) in [7, 11) is 0. The van der Waals surface area contributed by atoms with Gasteiger partial charge in [-0.3, -0.25) is 0 Å². The fourth-order valence-corrected chi connectivity index (χ4v) is 22.1. The van der Waals surface area contributed by atoms with Crippen LogP contribution in [0, 0.1) is 0 Å². The van der Waals surface area contributed by atoms with Crippen LogP contribution in [0.4, 0.5) is 17.1 Å². The van der Waals surface area contributed by atoms with Gasteiger partial charge < -0.3 is 18.2 Å². The van der Waals surface area contributed by atoms with E-state index in [-0.39, 0.29) is 5.41 Å². The van der Waals surface area contributed by atoms with Crippen molar-refractivity contribution in [3.8, 4) is 66.8 Å². The molecule has 3 aromatic heterocycles. The minimum atomic E-state index is -0.830. The van der Waals surface area contributed by atoms with Gasteiger partial charge in [0.25, 0.3) is 0 Å². The van der Waals surface area contributed by atoms with Gasteiger partial charge in [-0.05, 0) is 212 Å². The van der Waals surface area contributed by atoms with Crippen molar-refractivity contribution < 1.29 is 13.3 Å². The van der Waals surface area contributed by atoms with Gasteiger partial charge in [0, 0.05) is 76.8 Å². The van der Waals surface area contributed by atoms with Crippen LogP contribution >= 0.6 is 0 Å². The summed E-state index contributed by atoms with van der Waals surface area (Å²) in [6, 6.07) is 126. The number of benzene rings is 16. The lowest BCUT2D eigenvalue weighted by Gasteiger charge is -2.36. The third-order valence-electron chi connectivity index (χ3n) is 26.7. The predicted molar refractivity (Wildman–Crippen MR) is 456 cm³/mol. The van der Waals surface area contributed by atoms with E-state index in [0.29, 0.717) is 0 Å². The van der Waals surface area contributed by atoms with Gasteiger partial charge in [0.1, 0.15) is 33.5 Å². The third kappa shape index (κ3) is 7.93. The third-order valence-corrected chi connectivity index (χ3v) is 26.7. The molecular formula is C107H73NO3. The fraction of sp³-hybridized carbons (Fsp3) is 0.103. The highest BCUT2D eigenvalue weighted by Gasteiger charge is 2.54. The van der Waals surface area contributed by atoms with Crippen LogP contribution in [0.25, 0.3) is 133 Å². The van der Waals surface area contributed by atoms with E-state index in [1.54, 1.807) is 0 Å². The molecule has 0 aliphatic heterocycles. The van der Waals surface area contributed by atoms with Gasteiger partial charge in [-0.25, -0.2) is 0 Å². The van der Waals surface area contributed by atoms with Crippen LogP contribution in [0.3, 0.4) is 0 Å². The van der Waals surface area contributed by atoms with E-state index in [1.807, 2.05) is 0 Å². The molecule has 5 aliphatic rings. The predicted octanol–water partition coefficient (Wildman–Crippen LogP) is 28.2. The van der Waals surface area contributed by atoms with Gasteiger partial charge >= 0.3 is 0 Å². The maximum atomic E-state index is 7.22. The van der Waals surface area contributed by atoms with Crippen molar-refractivity contribution in [3.63, 3.8) is 0 Å². The first-order chi connectivity index (χ1) is 54.3. The van der Waals surface area contributed by atoms with Crippen molar-refractivity contribution in [3.05, 3.63) is 412 Å². The Bertz CT molecular complexity index is 7190. The zero-order valence-corrected chi connectivity index (χ0v) is 62.4. The highest BCUT2D eigenvalue weighted by atomic mass is 16.3. The van der Waals surface area contributed by atoms with Gasteiger partial charge in [-0.15, -0.1) is 0 Å². The molecule has 0 bridgehead atoms. The van der Waals surface area contributed by atoms with E-state index in [0.717, 1.165) is 88.6 Å². The molecule has 3 heterocycles. The molecule has 16 aromatic carbocycles. The van der Waals surface area contributed by atoms with Crippen LogP contribution in [-0.4, -0.2) is 0 Å². The first-order valence-electron chi connectivity index (χ1n) is 39.1. The number of furan rings is 3. The second-order valence-electron chi connectivity index (χ2n) is 33.1. The van der Waals surface area contributed by atoms with Crippen molar-refractivity contribution in [1.82, 2.24) is 0 Å². The molecular weight excluding hydrogens is 1350 g/mol. The van der Waals surface area contributed by atoms with E-state index in [1.165, 1.54) is 139 Å². The molecule has 4 nitrogen and oxygen atoms in total. The zero-order valence-electron chi connectivity index (χ0n) is 62.4. The largest absolute Gasteiger partial charge is 0.456 e.